The summed E-state index contributed by atoms with van der Waals surface area (Å²) < 4.78 is 1.28. The van der Waals surface area contributed by atoms with Crippen molar-refractivity contribution in [1.82, 2.24) is 4.98 Å². The SMILES string of the molecule is Cc1nc2c3c(ccc2s1)SC(C)N3. The van der Waals surface area contributed by atoms with Crippen molar-refractivity contribution in [2.24, 2.45) is 0 Å². The number of fused-ring (bicyclic) bond motifs is 3. The molecule has 0 radical (unpaired) electrons. The number of thiazole rings is 1. The molecule has 0 spiro atoms. The topological polar surface area (TPSA) is 24.9 Å². The van der Waals surface area contributed by atoms with Crippen molar-refractivity contribution in [3.63, 3.8) is 0 Å². The summed E-state index contributed by atoms with van der Waals surface area (Å²) in [5, 5.41) is 5.07. The zero-order valence-electron chi connectivity index (χ0n) is 8.00. The zero-order valence-corrected chi connectivity index (χ0v) is 9.63. The Kier molecular flexibility index (Phi) is 1.76. The van der Waals surface area contributed by atoms with Gasteiger partial charge in [-0.1, -0.05) is 11.8 Å². The Morgan fingerprint density at radius 1 is 1.43 bits per heavy atom. The molecular formula is C10H10N2S2. The minimum atomic E-state index is 0.470. The number of rotatable bonds is 0. The average Bonchev–Trinajstić information content (AvgIpc) is 2.65. The molecule has 0 fully saturated rings. The molecule has 1 unspecified atom stereocenters. The van der Waals surface area contributed by atoms with E-state index in [-0.39, 0.29) is 0 Å². The summed E-state index contributed by atoms with van der Waals surface area (Å²) >= 11 is 3.63. The molecule has 1 aliphatic rings. The molecule has 14 heavy (non-hydrogen) atoms. The number of nitrogens with zero attached hydrogens (tertiary/aromatic N) is 1. The van der Waals surface area contributed by atoms with Crippen LogP contribution in [0.1, 0.15) is 11.9 Å². The second-order valence-electron chi connectivity index (χ2n) is 3.42. The van der Waals surface area contributed by atoms with Crippen LogP contribution in [0.3, 0.4) is 0 Å². The van der Waals surface area contributed by atoms with E-state index in [1.807, 2.05) is 11.8 Å². The standard InChI is InChI=1S/C10H10N2S2/c1-5-11-9-7(13-5)3-4-8-10(9)12-6(2)14-8/h3-5,11H,1-2H3. The molecule has 1 atom stereocenters. The molecular weight excluding hydrogens is 212 g/mol. The van der Waals surface area contributed by atoms with E-state index in [1.165, 1.54) is 15.3 Å². The summed E-state index contributed by atoms with van der Waals surface area (Å²) in [5.74, 6) is 0. The fourth-order valence-electron chi connectivity index (χ4n) is 1.75. The van der Waals surface area contributed by atoms with E-state index in [1.54, 1.807) is 11.3 Å². The average molecular weight is 222 g/mol. The molecule has 2 aromatic rings. The summed E-state index contributed by atoms with van der Waals surface area (Å²) in [4.78, 5) is 5.89. The molecule has 0 amide bonds. The molecule has 1 aliphatic heterocycles. The highest BCUT2D eigenvalue weighted by Gasteiger charge is 2.21. The van der Waals surface area contributed by atoms with E-state index in [2.05, 4.69) is 36.3 Å². The second-order valence-corrected chi connectivity index (χ2v) is 6.04. The Balaban J connectivity index is 2.32. The maximum Gasteiger partial charge on any atom is 0.106 e. The third-order valence-electron chi connectivity index (χ3n) is 2.28. The lowest BCUT2D eigenvalue weighted by atomic mass is 10.3. The van der Waals surface area contributed by atoms with Crippen molar-refractivity contribution in [2.45, 2.75) is 24.1 Å². The lowest BCUT2D eigenvalue weighted by molar-refractivity contribution is 1.15. The highest BCUT2D eigenvalue weighted by molar-refractivity contribution is 8.00. The van der Waals surface area contributed by atoms with Crippen LogP contribution in [-0.4, -0.2) is 10.4 Å². The van der Waals surface area contributed by atoms with Gasteiger partial charge in [0.2, 0.25) is 0 Å². The number of hydrogen-bond acceptors (Lipinski definition) is 4. The first-order chi connectivity index (χ1) is 6.74. The van der Waals surface area contributed by atoms with Crippen LogP contribution in [0, 0.1) is 6.92 Å². The van der Waals surface area contributed by atoms with Crippen LogP contribution in [0.15, 0.2) is 17.0 Å². The third-order valence-corrected chi connectivity index (χ3v) is 4.28. The van der Waals surface area contributed by atoms with Crippen molar-refractivity contribution in [3.05, 3.63) is 17.1 Å². The fraction of sp³-hybridized carbons (Fsp3) is 0.300. The number of nitrogens with one attached hydrogen (secondary N) is 1. The Morgan fingerprint density at radius 2 is 2.29 bits per heavy atom. The summed E-state index contributed by atoms with van der Waals surface area (Å²) in [5.41, 5.74) is 2.37. The molecule has 3 rings (SSSR count). The maximum absolute atomic E-state index is 4.56. The first-order valence-electron chi connectivity index (χ1n) is 4.57. The van der Waals surface area contributed by atoms with Crippen LogP contribution in [0.5, 0.6) is 0 Å². The molecule has 1 aromatic heterocycles. The van der Waals surface area contributed by atoms with Gasteiger partial charge in [-0.25, -0.2) is 4.98 Å². The number of aromatic nitrogens is 1. The normalized spacial score (nSPS) is 19.7. The van der Waals surface area contributed by atoms with Gasteiger partial charge in [0, 0.05) is 4.90 Å². The highest BCUT2D eigenvalue weighted by atomic mass is 32.2. The molecule has 72 valence electrons. The highest BCUT2D eigenvalue weighted by Crippen LogP contribution is 2.43. The van der Waals surface area contributed by atoms with Gasteiger partial charge in [-0.2, -0.15) is 0 Å². The van der Waals surface area contributed by atoms with Crippen LogP contribution >= 0.6 is 23.1 Å². The monoisotopic (exact) mass is 222 g/mol. The smallest absolute Gasteiger partial charge is 0.106 e. The van der Waals surface area contributed by atoms with E-state index < -0.39 is 0 Å². The van der Waals surface area contributed by atoms with Crippen LogP contribution in [0.25, 0.3) is 10.2 Å². The van der Waals surface area contributed by atoms with E-state index in [9.17, 15) is 0 Å². The Hall–Kier alpha value is -0.740. The second kappa shape index (κ2) is 2.87. The zero-order chi connectivity index (χ0) is 9.71. The number of thioether (sulfide) groups is 1. The van der Waals surface area contributed by atoms with Gasteiger partial charge in [-0.05, 0) is 26.0 Å². The number of anilines is 1. The summed E-state index contributed by atoms with van der Waals surface area (Å²) in [6.07, 6.45) is 0. The predicted molar refractivity (Wildman–Crippen MR) is 63.3 cm³/mol. The third kappa shape index (κ3) is 1.14. The van der Waals surface area contributed by atoms with Crippen molar-refractivity contribution in [1.29, 1.82) is 0 Å². The lowest BCUT2D eigenvalue weighted by Crippen LogP contribution is -2.03. The summed E-state index contributed by atoms with van der Waals surface area (Å²) in [6, 6.07) is 4.36. The van der Waals surface area contributed by atoms with Gasteiger partial charge in [-0.3, -0.25) is 0 Å². The van der Waals surface area contributed by atoms with Crippen LogP contribution in [0.4, 0.5) is 5.69 Å². The first kappa shape index (κ1) is 8.56. The van der Waals surface area contributed by atoms with Crippen LogP contribution in [0.2, 0.25) is 0 Å². The predicted octanol–water partition coefficient (Wildman–Crippen LogP) is 3.47. The first-order valence-corrected chi connectivity index (χ1v) is 6.27. The van der Waals surface area contributed by atoms with E-state index >= 15 is 0 Å². The number of hydrogen-bond donors (Lipinski definition) is 1. The van der Waals surface area contributed by atoms with E-state index in [0.29, 0.717) is 5.37 Å². The van der Waals surface area contributed by atoms with Gasteiger partial charge >= 0.3 is 0 Å². The van der Waals surface area contributed by atoms with Gasteiger partial charge < -0.3 is 5.32 Å². The molecule has 0 bridgehead atoms. The number of benzene rings is 1. The fourth-order valence-corrected chi connectivity index (χ4v) is 3.56. The Labute approximate surface area is 90.7 Å². The van der Waals surface area contributed by atoms with Gasteiger partial charge in [0.05, 0.1) is 20.8 Å². The van der Waals surface area contributed by atoms with Crippen molar-refractivity contribution < 1.29 is 0 Å². The minimum Gasteiger partial charge on any atom is -0.371 e. The van der Waals surface area contributed by atoms with E-state index in [0.717, 1.165) is 10.5 Å². The molecule has 2 heterocycles. The summed E-state index contributed by atoms with van der Waals surface area (Å²) in [6.45, 7) is 4.23. The maximum atomic E-state index is 4.56. The lowest BCUT2D eigenvalue weighted by Gasteiger charge is -2.00. The van der Waals surface area contributed by atoms with Gasteiger partial charge in [-0.15, -0.1) is 11.3 Å². The van der Waals surface area contributed by atoms with Gasteiger partial charge in [0.1, 0.15) is 5.52 Å². The molecule has 4 heteroatoms. The molecule has 0 aliphatic carbocycles. The Morgan fingerprint density at radius 3 is 3.14 bits per heavy atom. The molecule has 0 saturated heterocycles. The van der Waals surface area contributed by atoms with Gasteiger partial charge in [0.25, 0.3) is 0 Å². The van der Waals surface area contributed by atoms with Crippen molar-refractivity contribution in [3.8, 4) is 0 Å². The van der Waals surface area contributed by atoms with Crippen molar-refractivity contribution >= 4 is 39.0 Å². The molecule has 0 saturated carbocycles. The van der Waals surface area contributed by atoms with Crippen LogP contribution < -0.4 is 5.32 Å². The molecule has 1 aromatic carbocycles. The van der Waals surface area contributed by atoms with E-state index in [4.69, 9.17) is 0 Å². The van der Waals surface area contributed by atoms with Gasteiger partial charge in [0.15, 0.2) is 0 Å². The largest absolute Gasteiger partial charge is 0.371 e. The molecule has 1 N–H and O–H groups in total. The van der Waals surface area contributed by atoms with Crippen LogP contribution in [-0.2, 0) is 0 Å². The minimum absolute atomic E-state index is 0.470. The molecule has 2 nitrogen and oxygen atoms in total. The Bertz CT molecular complexity index is 504. The number of aryl methyl sites for hydroxylation is 1. The van der Waals surface area contributed by atoms with Crippen molar-refractivity contribution in [2.75, 3.05) is 5.32 Å². The summed E-state index contributed by atoms with van der Waals surface area (Å²) in [7, 11) is 0. The quantitative estimate of drug-likeness (QED) is 0.739.